The lowest BCUT2D eigenvalue weighted by atomic mass is 10.0. The van der Waals surface area contributed by atoms with Gasteiger partial charge in [-0.05, 0) is 6.42 Å². The van der Waals surface area contributed by atoms with Crippen LogP contribution in [0.15, 0.2) is 0 Å². The monoisotopic (exact) mass is 567 g/mol. The number of nitrogens with zero attached hydrogens (tertiary/aromatic N) is 1. The summed E-state index contributed by atoms with van der Waals surface area (Å²) in [4.78, 5) is 21.2. The molecule has 9 nitrogen and oxygen atoms in total. The highest BCUT2D eigenvalue weighted by molar-refractivity contribution is 7.47. The highest BCUT2D eigenvalue weighted by atomic mass is 31.2. The normalized spacial score (nSPS) is 15.2. The van der Waals surface area contributed by atoms with Crippen LogP contribution in [0.4, 0.5) is 0 Å². The molecule has 0 saturated carbocycles. The van der Waals surface area contributed by atoms with Gasteiger partial charge in [0.2, 0.25) is 0 Å². The first kappa shape index (κ1) is 37.5. The van der Waals surface area contributed by atoms with Crippen LogP contribution in [0.25, 0.3) is 0 Å². The maximum absolute atomic E-state index is 12.1. The van der Waals surface area contributed by atoms with Crippen LogP contribution in [0.3, 0.4) is 0 Å². The van der Waals surface area contributed by atoms with Crippen molar-refractivity contribution in [2.45, 2.75) is 129 Å². The molecule has 0 bridgehead atoms. The van der Waals surface area contributed by atoms with Gasteiger partial charge in [0.15, 0.2) is 0 Å². The summed E-state index contributed by atoms with van der Waals surface area (Å²) in [6.45, 7) is 3.25. The molecule has 0 saturated heterocycles. The second kappa shape index (κ2) is 23.2. The lowest BCUT2D eigenvalue weighted by Gasteiger charge is -2.38. The van der Waals surface area contributed by atoms with Gasteiger partial charge in [-0.3, -0.25) is 13.8 Å². The number of rotatable bonds is 27. The largest absolute Gasteiger partial charge is 0.804 e. The molecule has 3 atom stereocenters. The zero-order chi connectivity index (χ0) is 28.7. The lowest BCUT2D eigenvalue weighted by molar-refractivity contribution is -0.969. The standard InChI is InChI=1S/C28H58NO8P/c1-6-7-8-9-10-11-12-13-14-15-16-17-18-19-20-21-22-34-23-27(37-26(2)30)24-35-38(32,33)36-25-28(31)29(3,4)5/h27-28H,6-25H2,1-5H3,(H,32,33). The van der Waals surface area contributed by atoms with E-state index in [0.29, 0.717) is 6.61 Å². The minimum absolute atomic E-state index is 0.0310. The molecule has 0 rings (SSSR count). The van der Waals surface area contributed by atoms with Gasteiger partial charge in [0.25, 0.3) is 0 Å². The summed E-state index contributed by atoms with van der Waals surface area (Å²) in [5.41, 5.74) is 0. The van der Waals surface area contributed by atoms with Crippen LogP contribution in [0.1, 0.15) is 117 Å². The molecule has 0 amide bonds. The van der Waals surface area contributed by atoms with E-state index in [-0.39, 0.29) is 17.7 Å². The number of esters is 1. The first-order chi connectivity index (χ1) is 18.0. The van der Waals surface area contributed by atoms with Gasteiger partial charge in [0.05, 0.1) is 41.0 Å². The predicted molar refractivity (Wildman–Crippen MR) is 149 cm³/mol. The Hall–Kier alpha value is -0.540. The SMILES string of the molecule is CCCCCCCCCCCCCCCCCCOCC(COP(=O)(O)OCC([O-])[N+](C)(C)C)OC(C)=O. The van der Waals surface area contributed by atoms with E-state index in [1.54, 1.807) is 21.1 Å². The number of carbonyl (C=O) groups excluding carboxylic acids is 1. The average molecular weight is 568 g/mol. The highest BCUT2D eigenvalue weighted by Crippen LogP contribution is 2.43. The average Bonchev–Trinajstić information content (AvgIpc) is 2.84. The van der Waals surface area contributed by atoms with Crippen LogP contribution < -0.4 is 5.11 Å². The highest BCUT2D eigenvalue weighted by Gasteiger charge is 2.27. The third-order valence-electron chi connectivity index (χ3n) is 6.45. The minimum Gasteiger partial charge on any atom is -0.804 e. The Balaban J connectivity index is 3.79. The van der Waals surface area contributed by atoms with Gasteiger partial charge >= 0.3 is 13.8 Å². The summed E-state index contributed by atoms with van der Waals surface area (Å²) in [7, 11) is 0.544. The van der Waals surface area contributed by atoms with Gasteiger partial charge < -0.3 is 24.0 Å². The van der Waals surface area contributed by atoms with E-state index < -0.39 is 32.7 Å². The molecule has 0 aromatic rings. The molecule has 0 aromatic heterocycles. The molecule has 0 radical (unpaired) electrons. The molecular formula is C28H58NO8P. The Labute approximate surface area is 232 Å². The van der Waals surface area contributed by atoms with Crippen molar-refractivity contribution in [1.29, 1.82) is 0 Å². The number of hydrogen-bond acceptors (Lipinski definition) is 7. The van der Waals surface area contributed by atoms with Crippen LogP contribution in [0.5, 0.6) is 0 Å². The molecule has 0 aromatic carbocycles. The Kier molecular flexibility index (Phi) is 22.9. The molecule has 10 heteroatoms. The van der Waals surface area contributed by atoms with Crippen LogP contribution >= 0.6 is 7.82 Å². The van der Waals surface area contributed by atoms with E-state index in [2.05, 4.69) is 6.92 Å². The summed E-state index contributed by atoms with van der Waals surface area (Å²) < 4.78 is 32.5. The van der Waals surface area contributed by atoms with Crippen LogP contribution in [-0.2, 0) is 27.9 Å². The van der Waals surface area contributed by atoms with Gasteiger partial charge in [-0.15, -0.1) is 0 Å². The topological polar surface area (TPSA) is 114 Å². The third-order valence-corrected chi connectivity index (χ3v) is 7.40. The van der Waals surface area contributed by atoms with Crippen molar-refractivity contribution in [3.05, 3.63) is 0 Å². The number of unbranched alkanes of at least 4 members (excludes halogenated alkanes) is 15. The number of carbonyl (C=O) groups is 1. The molecule has 0 spiro atoms. The Morgan fingerprint density at radius 3 is 1.61 bits per heavy atom. The number of quaternary nitrogens is 1. The zero-order valence-electron chi connectivity index (χ0n) is 25.0. The number of phosphoric ester groups is 1. The van der Waals surface area contributed by atoms with E-state index in [1.165, 1.54) is 96.8 Å². The van der Waals surface area contributed by atoms with Crippen molar-refractivity contribution in [1.82, 2.24) is 0 Å². The zero-order valence-corrected chi connectivity index (χ0v) is 25.9. The maximum atomic E-state index is 12.1. The van der Waals surface area contributed by atoms with Gasteiger partial charge in [-0.25, -0.2) is 4.57 Å². The third kappa shape index (κ3) is 24.5. The van der Waals surface area contributed by atoms with Crippen molar-refractivity contribution in [2.75, 3.05) is 47.6 Å². The van der Waals surface area contributed by atoms with Crippen LogP contribution in [0.2, 0.25) is 0 Å². The summed E-state index contributed by atoms with van der Waals surface area (Å²) in [6, 6.07) is 0. The molecule has 0 heterocycles. The lowest BCUT2D eigenvalue weighted by Crippen LogP contribution is -2.55. The quantitative estimate of drug-likeness (QED) is 0.0441. The van der Waals surface area contributed by atoms with Crippen molar-refractivity contribution in [2.24, 2.45) is 0 Å². The van der Waals surface area contributed by atoms with Gasteiger partial charge in [0.1, 0.15) is 6.10 Å². The van der Waals surface area contributed by atoms with Gasteiger partial charge in [-0.1, -0.05) is 103 Å². The molecule has 0 aliphatic heterocycles. The smallest absolute Gasteiger partial charge is 0.472 e. The molecule has 0 fully saturated rings. The second-order valence-corrected chi connectivity index (χ2v) is 12.7. The Morgan fingerprint density at radius 2 is 1.18 bits per heavy atom. The molecule has 38 heavy (non-hydrogen) atoms. The van der Waals surface area contributed by atoms with E-state index in [1.807, 2.05) is 0 Å². The summed E-state index contributed by atoms with van der Waals surface area (Å²) in [6.07, 6.45) is 18.7. The number of ether oxygens (including phenoxy) is 2. The van der Waals surface area contributed by atoms with Gasteiger partial charge in [-0.2, -0.15) is 0 Å². The fourth-order valence-electron chi connectivity index (χ4n) is 3.91. The second-order valence-electron chi connectivity index (χ2n) is 11.2. The first-order valence-corrected chi connectivity index (χ1v) is 16.3. The maximum Gasteiger partial charge on any atom is 0.472 e. The summed E-state index contributed by atoms with van der Waals surface area (Å²) in [5.74, 6) is -0.539. The fourth-order valence-corrected chi connectivity index (χ4v) is 4.66. The van der Waals surface area contributed by atoms with Crippen molar-refractivity contribution in [3.8, 4) is 0 Å². The molecule has 0 aliphatic rings. The minimum atomic E-state index is -4.45. The van der Waals surface area contributed by atoms with Gasteiger partial charge in [0, 0.05) is 19.8 Å². The Bertz CT molecular complexity index is 614. The number of hydrogen-bond donors (Lipinski definition) is 1. The summed E-state index contributed by atoms with van der Waals surface area (Å²) >= 11 is 0. The van der Waals surface area contributed by atoms with Crippen molar-refractivity contribution in [3.63, 3.8) is 0 Å². The molecule has 1 N–H and O–H groups in total. The number of likely N-dealkylation sites (N-methyl/N-ethyl adjacent to an activating group) is 1. The van der Waals surface area contributed by atoms with E-state index in [4.69, 9.17) is 18.5 Å². The first-order valence-electron chi connectivity index (χ1n) is 14.8. The van der Waals surface area contributed by atoms with E-state index in [9.17, 15) is 19.4 Å². The summed E-state index contributed by atoms with van der Waals surface area (Å²) in [5, 5.41) is 11.9. The van der Waals surface area contributed by atoms with Crippen LogP contribution in [0, 0.1) is 0 Å². The Morgan fingerprint density at radius 1 is 0.763 bits per heavy atom. The van der Waals surface area contributed by atoms with E-state index in [0.717, 1.165) is 12.8 Å². The van der Waals surface area contributed by atoms with Crippen LogP contribution in [-0.4, -0.2) is 75.2 Å². The molecule has 228 valence electrons. The number of phosphoric acid groups is 1. The molecule has 3 unspecified atom stereocenters. The van der Waals surface area contributed by atoms with Crippen molar-refractivity contribution < 1.29 is 42.4 Å². The predicted octanol–water partition coefficient (Wildman–Crippen LogP) is 5.72. The fraction of sp³-hybridized carbons (Fsp3) is 0.964. The molecule has 0 aliphatic carbocycles. The van der Waals surface area contributed by atoms with Crippen molar-refractivity contribution >= 4 is 13.8 Å². The van der Waals surface area contributed by atoms with E-state index >= 15 is 0 Å². The molecular weight excluding hydrogens is 509 g/mol.